The molecule has 15 heavy (non-hydrogen) atoms. The van der Waals surface area contributed by atoms with Crippen LogP contribution in [-0.4, -0.2) is 6.54 Å². The Morgan fingerprint density at radius 1 is 1.33 bits per heavy atom. The summed E-state index contributed by atoms with van der Waals surface area (Å²) >= 11 is 9.61. The number of halogens is 3. The first-order valence-electron chi connectivity index (χ1n) is 4.96. The molecule has 84 valence electrons. The molecule has 1 N–H and O–H groups in total. The van der Waals surface area contributed by atoms with Crippen LogP contribution >= 0.6 is 39.9 Å². The number of hydrogen-bond acceptors (Lipinski definition) is 1. The number of hydrogen-bond donors (Lipinski definition) is 1. The Bertz CT molecular complexity index is 324. The van der Waals surface area contributed by atoms with Crippen LogP contribution < -0.4 is 5.32 Å². The molecule has 0 saturated carbocycles. The molecule has 0 bridgehead atoms. The lowest BCUT2D eigenvalue weighted by atomic mass is 9.98. The van der Waals surface area contributed by atoms with Crippen LogP contribution in [0.4, 0.5) is 0 Å². The van der Waals surface area contributed by atoms with Gasteiger partial charge in [-0.3, -0.25) is 0 Å². The number of nitrogens with one attached hydrogen (secondary N) is 1. The van der Waals surface area contributed by atoms with E-state index in [-0.39, 0.29) is 12.4 Å². The maximum Gasteiger partial charge on any atom is 0.0465 e. The van der Waals surface area contributed by atoms with Crippen LogP contribution in [0.25, 0.3) is 0 Å². The topological polar surface area (TPSA) is 12.0 Å². The fourth-order valence-electron chi connectivity index (χ4n) is 1.90. The molecule has 0 amide bonds. The van der Waals surface area contributed by atoms with Crippen molar-refractivity contribution in [2.24, 2.45) is 0 Å². The highest BCUT2D eigenvalue weighted by molar-refractivity contribution is 9.10. The Hall–Kier alpha value is 0.240. The zero-order valence-corrected chi connectivity index (χ0v) is 11.5. The molecule has 0 radical (unpaired) electrons. The van der Waals surface area contributed by atoms with E-state index in [0.717, 1.165) is 16.0 Å². The van der Waals surface area contributed by atoms with Crippen LogP contribution in [0, 0.1) is 0 Å². The summed E-state index contributed by atoms with van der Waals surface area (Å²) in [7, 11) is 0. The Morgan fingerprint density at radius 2 is 2.13 bits per heavy atom. The van der Waals surface area contributed by atoms with Crippen molar-refractivity contribution in [2.45, 2.75) is 25.3 Å². The van der Waals surface area contributed by atoms with E-state index in [1.807, 2.05) is 6.07 Å². The van der Waals surface area contributed by atoms with Gasteiger partial charge in [0.05, 0.1) is 0 Å². The Morgan fingerprint density at radius 3 is 2.73 bits per heavy atom. The lowest BCUT2D eigenvalue weighted by molar-refractivity contribution is 0.412. The van der Waals surface area contributed by atoms with Crippen molar-refractivity contribution in [3.63, 3.8) is 0 Å². The standard InChI is InChI=1S/C11H13BrClN.ClH/c12-8-4-5-9(10(13)7-8)11-3-1-2-6-14-11;/h4-5,7,11,14H,1-3,6H2;1H/t11-;/m1./s1. The van der Waals surface area contributed by atoms with Gasteiger partial charge in [-0.1, -0.05) is 40.0 Å². The third-order valence-electron chi connectivity index (χ3n) is 2.65. The molecular formula is C11H14BrCl2N. The lowest BCUT2D eigenvalue weighted by Gasteiger charge is -2.24. The van der Waals surface area contributed by atoms with E-state index in [4.69, 9.17) is 11.6 Å². The monoisotopic (exact) mass is 309 g/mol. The molecule has 2 rings (SSSR count). The van der Waals surface area contributed by atoms with Crippen LogP contribution in [0.2, 0.25) is 5.02 Å². The molecule has 4 heteroatoms. The Balaban J connectivity index is 0.00000112. The van der Waals surface area contributed by atoms with E-state index >= 15 is 0 Å². The first-order valence-corrected chi connectivity index (χ1v) is 6.13. The molecule has 0 spiro atoms. The minimum Gasteiger partial charge on any atom is -0.310 e. The summed E-state index contributed by atoms with van der Waals surface area (Å²) in [4.78, 5) is 0. The summed E-state index contributed by atoms with van der Waals surface area (Å²) in [6.45, 7) is 1.11. The quantitative estimate of drug-likeness (QED) is 0.813. The predicted molar refractivity (Wildman–Crippen MR) is 71.0 cm³/mol. The molecule has 1 fully saturated rings. The maximum atomic E-state index is 6.19. The largest absolute Gasteiger partial charge is 0.310 e. The fraction of sp³-hybridized carbons (Fsp3) is 0.455. The predicted octanol–water partition coefficient (Wildman–Crippen LogP) is 4.34. The molecule has 0 unspecified atom stereocenters. The summed E-state index contributed by atoms with van der Waals surface area (Å²) < 4.78 is 1.04. The van der Waals surface area contributed by atoms with Crippen molar-refractivity contribution >= 4 is 39.9 Å². The summed E-state index contributed by atoms with van der Waals surface area (Å²) in [5.41, 5.74) is 1.23. The van der Waals surface area contributed by atoms with E-state index in [2.05, 4.69) is 33.4 Å². The van der Waals surface area contributed by atoms with Crippen molar-refractivity contribution in [1.82, 2.24) is 5.32 Å². The van der Waals surface area contributed by atoms with Crippen LogP contribution in [0.15, 0.2) is 22.7 Å². The molecule has 1 aromatic rings. The summed E-state index contributed by atoms with van der Waals surface area (Å²) in [5, 5.41) is 4.36. The molecule has 1 saturated heterocycles. The molecule has 1 aliphatic heterocycles. The first kappa shape index (κ1) is 13.3. The number of benzene rings is 1. The third kappa shape index (κ3) is 3.35. The van der Waals surface area contributed by atoms with Crippen molar-refractivity contribution in [3.05, 3.63) is 33.3 Å². The average molecular weight is 311 g/mol. The minimum absolute atomic E-state index is 0. The second-order valence-electron chi connectivity index (χ2n) is 3.67. The van der Waals surface area contributed by atoms with Gasteiger partial charge in [-0.05, 0) is 37.1 Å². The highest BCUT2D eigenvalue weighted by atomic mass is 79.9. The number of piperidine rings is 1. The fourth-order valence-corrected chi connectivity index (χ4v) is 2.71. The normalized spacial score (nSPS) is 20.8. The van der Waals surface area contributed by atoms with Crippen molar-refractivity contribution in [1.29, 1.82) is 0 Å². The molecule has 0 aromatic heterocycles. The molecule has 0 aliphatic carbocycles. The highest BCUT2D eigenvalue weighted by Crippen LogP contribution is 2.30. The van der Waals surface area contributed by atoms with Gasteiger partial charge < -0.3 is 5.32 Å². The van der Waals surface area contributed by atoms with Crippen LogP contribution in [-0.2, 0) is 0 Å². The van der Waals surface area contributed by atoms with Crippen LogP contribution in [0.1, 0.15) is 30.9 Å². The summed E-state index contributed by atoms with van der Waals surface area (Å²) in [6, 6.07) is 6.57. The molecular weight excluding hydrogens is 297 g/mol. The van der Waals surface area contributed by atoms with Crippen LogP contribution in [0.3, 0.4) is 0 Å². The van der Waals surface area contributed by atoms with E-state index in [1.165, 1.54) is 24.8 Å². The highest BCUT2D eigenvalue weighted by Gasteiger charge is 2.16. The average Bonchev–Trinajstić information content (AvgIpc) is 2.19. The molecule has 1 heterocycles. The lowest BCUT2D eigenvalue weighted by Crippen LogP contribution is -2.26. The number of rotatable bonds is 1. The van der Waals surface area contributed by atoms with Gasteiger partial charge in [0.25, 0.3) is 0 Å². The smallest absolute Gasteiger partial charge is 0.0465 e. The first-order chi connectivity index (χ1) is 6.77. The molecule has 1 atom stereocenters. The van der Waals surface area contributed by atoms with Gasteiger partial charge in [-0.25, -0.2) is 0 Å². The van der Waals surface area contributed by atoms with E-state index in [9.17, 15) is 0 Å². The van der Waals surface area contributed by atoms with Gasteiger partial charge in [-0.15, -0.1) is 12.4 Å². The Labute approximate surface area is 110 Å². The summed E-state index contributed by atoms with van der Waals surface area (Å²) in [5.74, 6) is 0. The third-order valence-corrected chi connectivity index (χ3v) is 3.47. The Kier molecular flexibility index (Phi) is 5.41. The second kappa shape index (κ2) is 6.09. The van der Waals surface area contributed by atoms with E-state index in [1.54, 1.807) is 0 Å². The van der Waals surface area contributed by atoms with Crippen molar-refractivity contribution in [2.75, 3.05) is 6.54 Å². The van der Waals surface area contributed by atoms with Gasteiger partial charge in [0, 0.05) is 15.5 Å². The molecule has 1 aliphatic rings. The van der Waals surface area contributed by atoms with Crippen molar-refractivity contribution < 1.29 is 0 Å². The van der Waals surface area contributed by atoms with E-state index < -0.39 is 0 Å². The second-order valence-corrected chi connectivity index (χ2v) is 4.99. The maximum absolute atomic E-state index is 6.19. The zero-order chi connectivity index (χ0) is 9.97. The minimum atomic E-state index is 0. The van der Waals surface area contributed by atoms with Gasteiger partial charge in [0.2, 0.25) is 0 Å². The summed E-state index contributed by atoms with van der Waals surface area (Å²) in [6.07, 6.45) is 3.77. The van der Waals surface area contributed by atoms with Crippen molar-refractivity contribution in [3.8, 4) is 0 Å². The SMILES string of the molecule is Cl.Clc1cc(Br)ccc1[C@H]1CCCCN1. The van der Waals surface area contributed by atoms with Gasteiger partial charge in [0.1, 0.15) is 0 Å². The zero-order valence-electron chi connectivity index (χ0n) is 8.30. The van der Waals surface area contributed by atoms with Gasteiger partial charge in [0.15, 0.2) is 0 Å². The molecule has 1 nitrogen and oxygen atoms in total. The van der Waals surface area contributed by atoms with Gasteiger partial charge in [-0.2, -0.15) is 0 Å². The van der Waals surface area contributed by atoms with Crippen LogP contribution in [0.5, 0.6) is 0 Å². The van der Waals surface area contributed by atoms with E-state index in [0.29, 0.717) is 6.04 Å². The van der Waals surface area contributed by atoms with Gasteiger partial charge >= 0.3 is 0 Å². The molecule has 1 aromatic carbocycles.